The number of primary sulfonamides is 1. The van der Waals surface area contributed by atoms with E-state index in [9.17, 15) is 18.0 Å². The normalized spacial score (nSPS) is 30.9. The van der Waals surface area contributed by atoms with Crippen molar-refractivity contribution in [3.63, 3.8) is 0 Å². The van der Waals surface area contributed by atoms with Crippen molar-refractivity contribution >= 4 is 33.5 Å². The third-order valence-corrected chi connectivity index (χ3v) is 7.64. The molecule has 0 spiro atoms. The smallest absolute Gasteiger partial charge is 0.338 e. The van der Waals surface area contributed by atoms with Gasteiger partial charge in [0.05, 0.1) is 10.6 Å². The number of nitrogens with one attached hydrogen (secondary N) is 1. The van der Waals surface area contributed by atoms with E-state index in [4.69, 9.17) is 21.5 Å². The van der Waals surface area contributed by atoms with Gasteiger partial charge < -0.3 is 10.1 Å². The lowest BCUT2D eigenvalue weighted by atomic mass is 9.53. The number of halogens is 1. The van der Waals surface area contributed by atoms with Crippen molar-refractivity contribution < 1.29 is 22.7 Å². The summed E-state index contributed by atoms with van der Waals surface area (Å²) >= 11 is 5.81. The second-order valence-corrected chi connectivity index (χ2v) is 10.4. The van der Waals surface area contributed by atoms with Gasteiger partial charge in [-0.1, -0.05) is 11.6 Å². The Balaban J connectivity index is 1.37. The first-order chi connectivity index (χ1) is 13.1. The summed E-state index contributed by atoms with van der Waals surface area (Å²) in [6, 6.07) is 3.64. The van der Waals surface area contributed by atoms with Crippen LogP contribution in [0.25, 0.3) is 0 Å². The molecule has 4 fully saturated rings. The van der Waals surface area contributed by atoms with Gasteiger partial charge in [0.15, 0.2) is 6.61 Å². The van der Waals surface area contributed by atoms with Gasteiger partial charge in [0, 0.05) is 5.54 Å². The lowest BCUT2D eigenvalue weighted by Crippen LogP contribution is -2.60. The lowest BCUT2D eigenvalue weighted by Gasteiger charge is -2.56. The van der Waals surface area contributed by atoms with E-state index in [1.807, 2.05) is 0 Å². The maximum Gasteiger partial charge on any atom is 0.338 e. The highest BCUT2D eigenvalue weighted by atomic mass is 35.5. The van der Waals surface area contributed by atoms with E-state index in [1.54, 1.807) is 0 Å². The van der Waals surface area contributed by atoms with E-state index in [2.05, 4.69) is 5.32 Å². The van der Waals surface area contributed by atoms with Gasteiger partial charge >= 0.3 is 5.97 Å². The van der Waals surface area contributed by atoms with E-state index < -0.39 is 22.6 Å². The van der Waals surface area contributed by atoms with Crippen molar-refractivity contribution in [1.29, 1.82) is 0 Å². The van der Waals surface area contributed by atoms with Gasteiger partial charge in [-0.3, -0.25) is 4.79 Å². The third-order valence-electron chi connectivity index (χ3n) is 6.25. The average molecular weight is 427 g/mol. The summed E-state index contributed by atoms with van der Waals surface area (Å²) in [4.78, 5) is 24.3. The van der Waals surface area contributed by atoms with Crippen molar-refractivity contribution in [1.82, 2.24) is 5.32 Å². The lowest BCUT2D eigenvalue weighted by molar-refractivity contribution is -0.130. The van der Waals surface area contributed by atoms with E-state index in [0.717, 1.165) is 25.3 Å². The van der Waals surface area contributed by atoms with Crippen LogP contribution in [0.2, 0.25) is 5.02 Å². The first-order valence-corrected chi connectivity index (χ1v) is 11.4. The highest BCUT2D eigenvalue weighted by molar-refractivity contribution is 7.89. The number of hydrogen-bond acceptors (Lipinski definition) is 5. The minimum Gasteiger partial charge on any atom is -0.452 e. The Bertz CT molecular complexity index is 895. The van der Waals surface area contributed by atoms with E-state index in [-0.39, 0.29) is 26.9 Å². The Kier molecular flexibility index (Phi) is 4.92. The summed E-state index contributed by atoms with van der Waals surface area (Å²) in [6.07, 6.45) is 6.84. The Morgan fingerprint density at radius 3 is 2.25 bits per heavy atom. The standard InChI is InChI=1S/C19H23ClN2O5S/c20-15-2-1-14(6-16(15)28(21,25)26)18(24)27-10-17(23)22-19-7-11-3-12(8-19)5-13(4-11)9-19/h1-2,6,11-13H,3-5,7-10H2,(H,22,23)(H2,21,25,26). The first-order valence-electron chi connectivity index (χ1n) is 9.44. The molecule has 9 heteroatoms. The molecule has 152 valence electrons. The molecule has 5 rings (SSSR count). The summed E-state index contributed by atoms with van der Waals surface area (Å²) < 4.78 is 28.1. The van der Waals surface area contributed by atoms with Crippen LogP contribution in [0.4, 0.5) is 0 Å². The highest BCUT2D eigenvalue weighted by Crippen LogP contribution is 2.55. The molecule has 1 amide bonds. The summed E-state index contributed by atoms with van der Waals surface area (Å²) in [5.41, 5.74) is -0.185. The number of hydrogen-bond donors (Lipinski definition) is 2. The zero-order valence-electron chi connectivity index (χ0n) is 15.3. The molecule has 1 aromatic carbocycles. The molecule has 0 atom stereocenters. The summed E-state index contributed by atoms with van der Waals surface area (Å²) in [7, 11) is -4.07. The van der Waals surface area contributed by atoms with Crippen LogP contribution >= 0.6 is 11.6 Å². The largest absolute Gasteiger partial charge is 0.452 e. The number of rotatable bonds is 5. The summed E-state index contributed by atoms with van der Waals surface area (Å²) in [5.74, 6) is 0.956. The quantitative estimate of drug-likeness (QED) is 0.700. The second kappa shape index (κ2) is 7.00. The number of carbonyl (C=O) groups excluding carboxylic acids is 2. The fraction of sp³-hybridized carbons (Fsp3) is 0.579. The molecule has 0 heterocycles. The van der Waals surface area contributed by atoms with Crippen LogP contribution in [0.1, 0.15) is 48.9 Å². The SMILES string of the molecule is NS(=O)(=O)c1cc(C(=O)OCC(=O)NC23CC4CC(CC(C4)C2)C3)ccc1Cl. The van der Waals surface area contributed by atoms with Crippen LogP contribution in [0.15, 0.2) is 23.1 Å². The molecule has 0 aromatic heterocycles. The van der Waals surface area contributed by atoms with E-state index in [0.29, 0.717) is 17.8 Å². The molecular formula is C19H23ClN2O5S. The Morgan fingerprint density at radius 2 is 1.71 bits per heavy atom. The van der Waals surface area contributed by atoms with Crippen LogP contribution in [-0.4, -0.2) is 32.4 Å². The van der Waals surface area contributed by atoms with Crippen molar-refractivity contribution in [3.05, 3.63) is 28.8 Å². The summed E-state index contributed by atoms with van der Waals surface area (Å²) in [6.45, 7) is -0.409. The molecule has 4 aliphatic rings. The van der Waals surface area contributed by atoms with Crippen LogP contribution in [0, 0.1) is 17.8 Å². The molecule has 4 aliphatic carbocycles. The number of nitrogens with two attached hydrogens (primary N) is 1. The van der Waals surface area contributed by atoms with Gasteiger partial charge in [-0.25, -0.2) is 18.4 Å². The number of sulfonamides is 1. The Morgan fingerprint density at radius 1 is 1.14 bits per heavy atom. The molecule has 1 aromatic rings. The molecule has 0 unspecified atom stereocenters. The van der Waals surface area contributed by atoms with Gasteiger partial charge in [-0.2, -0.15) is 0 Å². The van der Waals surface area contributed by atoms with Crippen molar-refractivity contribution in [2.45, 2.75) is 49.0 Å². The molecule has 28 heavy (non-hydrogen) atoms. The van der Waals surface area contributed by atoms with Gasteiger partial charge in [0.25, 0.3) is 5.91 Å². The maximum atomic E-state index is 12.4. The molecule has 4 saturated carbocycles. The predicted octanol–water partition coefficient (Wildman–Crippen LogP) is 2.23. The Hall–Kier alpha value is -1.64. The fourth-order valence-electron chi connectivity index (χ4n) is 5.66. The van der Waals surface area contributed by atoms with Gasteiger partial charge in [0.1, 0.15) is 4.90 Å². The van der Waals surface area contributed by atoms with Crippen LogP contribution in [0.5, 0.6) is 0 Å². The van der Waals surface area contributed by atoms with Crippen LogP contribution < -0.4 is 10.5 Å². The maximum absolute atomic E-state index is 12.4. The molecule has 0 radical (unpaired) electrons. The highest BCUT2D eigenvalue weighted by Gasteiger charge is 2.51. The minimum absolute atomic E-state index is 0.0315. The van der Waals surface area contributed by atoms with Gasteiger partial charge in [0.2, 0.25) is 10.0 Å². The van der Waals surface area contributed by atoms with E-state index >= 15 is 0 Å². The van der Waals surface area contributed by atoms with E-state index in [1.165, 1.54) is 31.4 Å². The van der Waals surface area contributed by atoms with Crippen molar-refractivity contribution in [3.8, 4) is 0 Å². The average Bonchev–Trinajstić information content (AvgIpc) is 2.57. The monoisotopic (exact) mass is 426 g/mol. The number of carbonyl (C=O) groups is 2. The van der Waals surface area contributed by atoms with Gasteiger partial charge in [-0.05, 0) is 74.5 Å². The van der Waals surface area contributed by atoms with Crippen LogP contribution in [-0.2, 0) is 19.6 Å². The number of ether oxygens (including phenoxy) is 1. The number of benzene rings is 1. The summed E-state index contributed by atoms with van der Waals surface area (Å²) in [5, 5.41) is 8.12. The Labute approximate surface area is 169 Å². The molecule has 3 N–H and O–H groups in total. The van der Waals surface area contributed by atoms with Gasteiger partial charge in [-0.15, -0.1) is 0 Å². The van der Waals surface area contributed by atoms with Crippen molar-refractivity contribution in [2.24, 2.45) is 22.9 Å². The first kappa shape index (κ1) is 19.7. The third kappa shape index (κ3) is 3.90. The molecule has 7 nitrogen and oxygen atoms in total. The molecular weight excluding hydrogens is 404 g/mol. The number of amides is 1. The zero-order chi connectivity index (χ0) is 20.1. The predicted molar refractivity (Wildman–Crippen MR) is 102 cm³/mol. The molecule has 0 saturated heterocycles. The number of esters is 1. The second-order valence-electron chi connectivity index (χ2n) is 8.51. The van der Waals surface area contributed by atoms with Crippen molar-refractivity contribution in [2.75, 3.05) is 6.61 Å². The fourth-order valence-corrected chi connectivity index (χ4v) is 6.73. The van der Waals surface area contributed by atoms with Crippen LogP contribution in [0.3, 0.4) is 0 Å². The molecule has 0 aliphatic heterocycles. The minimum atomic E-state index is -4.07. The topological polar surface area (TPSA) is 116 Å². The zero-order valence-corrected chi connectivity index (χ0v) is 16.9. The molecule has 4 bridgehead atoms.